The molecule has 0 radical (unpaired) electrons. The van der Waals surface area contributed by atoms with Crippen LogP contribution in [-0.4, -0.2) is 59.4 Å². The molecule has 0 bridgehead atoms. The zero-order valence-electron chi connectivity index (χ0n) is 9.96. The molecule has 0 aromatic rings. The summed E-state index contributed by atoms with van der Waals surface area (Å²) in [4.78, 5) is 23.0. The smallest absolute Gasteiger partial charge is 0.317 e. The fraction of sp³-hybridized carbons (Fsp3) is 0.818. The number of carboxylic acids is 2. The number of methoxy groups -OCH3 is 1. The largest absolute Gasteiger partial charge is 0.480 e. The van der Waals surface area contributed by atoms with Crippen molar-refractivity contribution in [3.8, 4) is 0 Å². The van der Waals surface area contributed by atoms with Crippen LogP contribution in [0.1, 0.15) is 25.7 Å². The van der Waals surface area contributed by atoms with Crippen molar-refractivity contribution in [3.05, 3.63) is 0 Å². The molecule has 0 aliphatic heterocycles. The Morgan fingerprint density at radius 1 is 1.18 bits per heavy atom. The second kappa shape index (κ2) is 6.56. The molecule has 6 heteroatoms. The third-order valence-electron chi connectivity index (χ3n) is 3.12. The summed E-state index contributed by atoms with van der Waals surface area (Å²) in [5.74, 6) is -2.02. The van der Waals surface area contributed by atoms with Crippen LogP contribution < -0.4 is 0 Å². The number of carboxylic acid groups (broad SMARTS) is 2. The van der Waals surface area contributed by atoms with Crippen LogP contribution in [0, 0.1) is 0 Å². The number of hydrogen-bond acceptors (Lipinski definition) is 4. The molecule has 2 atom stereocenters. The Bertz CT molecular complexity index is 265. The van der Waals surface area contributed by atoms with E-state index in [4.69, 9.17) is 14.9 Å². The number of hydrogen-bond donors (Lipinski definition) is 2. The first-order valence-corrected chi connectivity index (χ1v) is 5.75. The van der Waals surface area contributed by atoms with Gasteiger partial charge >= 0.3 is 11.9 Å². The van der Waals surface area contributed by atoms with Gasteiger partial charge in [0.05, 0.1) is 19.2 Å². The van der Waals surface area contributed by atoms with Gasteiger partial charge in [-0.15, -0.1) is 0 Å². The fourth-order valence-corrected chi connectivity index (χ4v) is 2.41. The molecule has 0 heterocycles. The van der Waals surface area contributed by atoms with E-state index in [9.17, 15) is 9.59 Å². The summed E-state index contributed by atoms with van der Waals surface area (Å²) in [7, 11) is 1.59. The highest BCUT2D eigenvalue weighted by atomic mass is 16.5. The van der Waals surface area contributed by atoms with Crippen molar-refractivity contribution in [1.82, 2.24) is 4.90 Å². The lowest BCUT2D eigenvalue weighted by Gasteiger charge is -2.37. The second-order valence-electron chi connectivity index (χ2n) is 4.32. The number of nitrogens with zero attached hydrogens (tertiary/aromatic N) is 1. The van der Waals surface area contributed by atoms with Crippen LogP contribution in [0.5, 0.6) is 0 Å². The zero-order valence-corrected chi connectivity index (χ0v) is 9.96. The minimum Gasteiger partial charge on any atom is -0.480 e. The number of aliphatic carboxylic acids is 2. The number of ether oxygens (including phenoxy) is 1. The van der Waals surface area contributed by atoms with Crippen LogP contribution in [0.25, 0.3) is 0 Å². The average molecular weight is 245 g/mol. The normalized spacial score (nSPS) is 24.8. The van der Waals surface area contributed by atoms with Crippen molar-refractivity contribution >= 4 is 11.9 Å². The molecule has 0 amide bonds. The van der Waals surface area contributed by atoms with Gasteiger partial charge < -0.3 is 14.9 Å². The molecule has 17 heavy (non-hydrogen) atoms. The summed E-state index contributed by atoms with van der Waals surface area (Å²) in [5.41, 5.74) is 0. The lowest BCUT2D eigenvalue weighted by atomic mass is 9.91. The highest BCUT2D eigenvalue weighted by Crippen LogP contribution is 2.25. The van der Waals surface area contributed by atoms with Gasteiger partial charge in [0.2, 0.25) is 0 Å². The van der Waals surface area contributed by atoms with Crippen LogP contribution in [0.3, 0.4) is 0 Å². The molecule has 1 fully saturated rings. The van der Waals surface area contributed by atoms with Crippen LogP contribution in [0.2, 0.25) is 0 Å². The van der Waals surface area contributed by atoms with E-state index in [2.05, 4.69) is 0 Å². The predicted molar refractivity (Wildman–Crippen MR) is 59.9 cm³/mol. The minimum absolute atomic E-state index is 0.0672. The van der Waals surface area contributed by atoms with Gasteiger partial charge in [0.25, 0.3) is 0 Å². The van der Waals surface area contributed by atoms with Crippen LogP contribution >= 0.6 is 0 Å². The van der Waals surface area contributed by atoms with E-state index in [1.807, 2.05) is 0 Å². The van der Waals surface area contributed by atoms with Crippen molar-refractivity contribution in [2.24, 2.45) is 0 Å². The molecule has 98 valence electrons. The predicted octanol–water partition coefficient (Wildman–Crippen LogP) is 0.415. The molecule has 1 aliphatic rings. The van der Waals surface area contributed by atoms with Gasteiger partial charge in [0, 0.05) is 13.2 Å². The van der Waals surface area contributed by atoms with E-state index < -0.39 is 11.9 Å². The minimum atomic E-state index is -1.01. The van der Waals surface area contributed by atoms with Gasteiger partial charge in [0.1, 0.15) is 0 Å². The second-order valence-corrected chi connectivity index (χ2v) is 4.32. The molecule has 6 nitrogen and oxygen atoms in total. The van der Waals surface area contributed by atoms with E-state index >= 15 is 0 Å². The molecule has 1 rings (SSSR count). The van der Waals surface area contributed by atoms with Crippen LogP contribution in [0.4, 0.5) is 0 Å². The van der Waals surface area contributed by atoms with Crippen molar-refractivity contribution in [1.29, 1.82) is 0 Å². The SMILES string of the molecule is COC1CCCCC1N(CC(=O)O)CC(=O)O. The Morgan fingerprint density at radius 3 is 2.18 bits per heavy atom. The van der Waals surface area contributed by atoms with Crippen molar-refractivity contribution in [2.75, 3.05) is 20.2 Å². The van der Waals surface area contributed by atoms with Gasteiger partial charge in [0.15, 0.2) is 0 Å². The van der Waals surface area contributed by atoms with Crippen molar-refractivity contribution in [3.63, 3.8) is 0 Å². The van der Waals surface area contributed by atoms with E-state index in [0.717, 1.165) is 25.7 Å². The molecule has 1 aliphatic carbocycles. The summed E-state index contributed by atoms with van der Waals surface area (Å²) in [6, 6.07) is -0.110. The lowest BCUT2D eigenvalue weighted by molar-refractivity contribution is -0.144. The maximum absolute atomic E-state index is 10.8. The van der Waals surface area contributed by atoms with E-state index in [1.54, 1.807) is 7.11 Å². The Morgan fingerprint density at radius 2 is 1.71 bits per heavy atom. The Labute approximate surface area is 100 Å². The Balaban J connectivity index is 2.71. The number of rotatable bonds is 6. The van der Waals surface area contributed by atoms with Crippen molar-refractivity contribution < 1.29 is 24.5 Å². The standard InChI is InChI=1S/C11H19NO5/c1-17-9-5-3-2-4-8(9)12(6-10(13)14)7-11(15)16/h8-9H,2-7H2,1H3,(H,13,14)(H,15,16). The monoisotopic (exact) mass is 245 g/mol. The molecule has 0 aromatic heterocycles. The molecular formula is C11H19NO5. The quantitative estimate of drug-likeness (QED) is 0.705. The Hall–Kier alpha value is -1.14. The summed E-state index contributed by atoms with van der Waals surface area (Å²) in [6.07, 6.45) is 3.61. The highest BCUT2D eigenvalue weighted by Gasteiger charge is 2.32. The molecule has 0 saturated heterocycles. The van der Waals surface area contributed by atoms with E-state index in [0.29, 0.717) is 0 Å². The van der Waals surface area contributed by atoms with Gasteiger partial charge in [-0.3, -0.25) is 14.5 Å². The van der Waals surface area contributed by atoms with Gasteiger partial charge in [-0.1, -0.05) is 12.8 Å². The molecular weight excluding hydrogens is 226 g/mol. The van der Waals surface area contributed by atoms with Gasteiger partial charge in [-0.25, -0.2) is 0 Å². The fourth-order valence-electron chi connectivity index (χ4n) is 2.41. The van der Waals surface area contributed by atoms with E-state index in [-0.39, 0.29) is 25.2 Å². The van der Waals surface area contributed by atoms with Crippen LogP contribution in [0.15, 0.2) is 0 Å². The first kappa shape index (κ1) is 13.9. The van der Waals surface area contributed by atoms with Gasteiger partial charge in [-0.05, 0) is 12.8 Å². The molecule has 2 unspecified atom stereocenters. The lowest BCUT2D eigenvalue weighted by Crippen LogP contribution is -2.50. The summed E-state index contributed by atoms with van der Waals surface area (Å²) < 4.78 is 5.32. The topological polar surface area (TPSA) is 87.1 Å². The molecule has 0 spiro atoms. The van der Waals surface area contributed by atoms with Crippen LogP contribution in [-0.2, 0) is 14.3 Å². The van der Waals surface area contributed by atoms with Gasteiger partial charge in [-0.2, -0.15) is 0 Å². The summed E-state index contributed by atoms with van der Waals surface area (Å²) >= 11 is 0. The first-order chi connectivity index (χ1) is 8.04. The zero-order chi connectivity index (χ0) is 12.8. The maximum Gasteiger partial charge on any atom is 0.317 e. The summed E-state index contributed by atoms with van der Waals surface area (Å²) in [5, 5.41) is 17.6. The molecule has 1 saturated carbocycles. The highest BCUT2D eigenvalue weighted by molar-refractivity contribution is 5.72. The van der Waals surface area contributed by atoms with Crippen molar-refractivity contribution in [2.45, 2.75) is 37.8 Å². The number of carbonyl (C=O) groups is 2. The first-order valence-electron chi connectivity index (χ1n) is 5.75. The third-order valence-corrected chi connectivity index (χ3v) is 3.12. The Kier molecular flexibility index (Phi) is 5.37. The van der Waals surface area contributed by atoms with E-state index in [1.165, 1.54) is 4.90 Å². The molecule has 2 N–H and O–H groups in total. The molecule has 0 aromatic carbocycles. The average Bonchev–Trinajstić information content (AvgIpc) is 2.27. The summed E-state index contributed by atoms with van der Waals surface area (Å²) in [6.45, 7) is -0.506. The maximum atomic E-state index is 10.8. The third kappa shape index (κ3) is 4.32.